The molecular formula is C24H31N5O4. The van der Waals surface area contributed by atoms with Gasteiger partial charge < -0.3 is 10.4 Å². The number of amides is 1. The average molecular weight is 454 g/mol. The summed E-state index contributed by atoms with van der Waals surface area (Å²) in [6.45, 7) is 2.59. The topological polar surface area (TPSA) is 109 Å². The van der Waals surface area contributed by atoms with Gasteiger partial charge >= 0.3 is 5.69 Å². The van der Waals surface area contributed by atoms with Crippen molar-refractivity contribution < 1.29 is 9.90 Å². The van der Waals surface area contributed by atoms with Crippen molar-refractivity contribution in [3.63, 3.8) is 0 Å². The summed E-state index contributed by atoms with van der Waals surface area (Å²) in [5.41, 5.74) is 1.53. The molecule has 176 valence electrons. The predicted octanol–water partition coefficient (Wildman–Crippen LogP) is 0.204. The van der Waals surface area contributed by atoms with E-state index in [9.17, 15) is 19.5 Å². The fourth-order valence-electron chi connectivity index (χ4n) is 4.73. The lowest BCUT2D eigenvalue weighted by Crippen LogP contribution is -2.45. The van der Waals surface area contributed by atoms with Crippen LogP contribution in [-0.4, -0.2) is 63.5 Å². The molecule has 1 saturated heterocycles. The molecule has 1 amide bonds. The molecule has 9 heteroatoms. The molecule has 0 spiro atoms. The lowest BCUT2D eigenvalue weighted by atomic mass is 9.97. The number of likely N-dealkylation sites (tertiary alicyclic amines) is 1. The highest BCUT2D eigenvalue weighted by Crippen LogP contribution is 2.22. The van der Waals surface area contributed by atoms with Crippen molar-refractivity contribution >= 4 is 12.1 Å². The van der Waals surface area contributed by atoms with Gasteiger partial charge in [-0.1, -0.05) is 24.3 Å². The van der Waals surface area contributed by atoms with Crippen molar-refractivity contribution in [2.75, 3.05) is 26.2 Å². The van der Waals surface area contributed by atoms with Gasteiger partial charge in [-0.3, -0.25) is 28.6 Å². The Balaban J connectivity index is 1.23. The lowest BCUT2D eigenvalue weighted by molar-refractivity contribution is -0.123. The minimum absolute atomic E-state index is 0.0165. The van der Waals surface area contributed by atoms with Gasteiger partial charge in [-0.15, -0.1) is 0 Å². The van der Waals surface area contributed by atoms with Crippen LogP contribution in [0, 0.1) is 5.92 Å². The molecule has 0 radical (unpaired) electrons. The maximum absolute atomic E-state index is 12.5. The molecule has 2 N–H and O–H groups in total. The van der Waals surface area contributed by atoms with Crippen LogP contribution < -0.4 is 16.6 Å². The summed E-state index contributed by atoms with van der Waals surface area (Å²) in [7, 11) is 2.78. The van der Waals surface area contributed by atoms with E-state index >= 15 is 0 Å². The Morgan fingerprint density at radius 2 is 1.76 bits per heavy atom. The molecule has 9 nitrogen and oxygen atoms in total. The highest BCUT2D eigenvalue weighted by Gasteiger charge is 2.25. The lowest BCUT2D eigenvalue weighted by Gasteiger charge is -2.31. The molecule has 33 heavy (non-hydrogen) atoms. The summed E-state index contributed by atoms with van der Waals surface area (Å²) < 4.78 is 1.98. The minimum Gasteiger partial charge on any atom is -0.494 e. The van der Waals surface area contributed by atoms with E-state index in [1.54, 1.807) is 0 Å². The zero-order valence-corrected chi connectivity index (χ0v) is 19.2. The maximum Gasteiger partial charge on any atom is 0.333 e. The van der Waals surface area contributed by atoms with E-state index in [1.165, 1.54) is 31.4 Å². The number of benzene rings is 1. The van der Waals surface area contributed by atoms with Crippen LogP contribution in [-0.2, 0) is 31.7 Å². The van der Waals surface area contributed by atoms with Crippen LogP contribution >= 0.6 is 0 Å². The van der Waals surface area contributed by atoms with Gasteiger partial charge in [0.15, 0.2) is 0 Å². The molecule has 4 rings (SSSR count). The molecule has 1 aliphatic heterocycles. The Morgan fingerprint density at radius 3 is 2.39 bits per heavy atom. The second kappa shape index (κ2) is 9.74. The van der Waals surface area contributed by atoms with Crippen LogP contribution in [0.4, 0.5) is 0 Å². The van der Waals surface area contributed by atoms with Crippen molar-refractivity contribution in [2.45, 2.75) is 31.7 Å². The molecule has 0 bridgehead atoms. The van der Waals surface area contributed by atoms with E-state index in [0.717, 1.165) is 47.9 Å². The molecular weight excluding hydrogens is 422 g/mol. The zero-order valence-electron chi connectivity index (χ0n) is 19.2. The van der Waals surface area contributed by atoms with Gasteiger partial charge in [0.2, 0.25) is 11.8 Å². The van der Waals surface area contributed by atoms with Crippen LogP contribution in [0.25, 0.3) is 0 Å². The Labute approximate surface area is 192 Å². The van der Waals surface area contributed by atoms with Crippen molar-refractivity contribution in [1.29, 1.82) is 0 Å². The minimum atomic E-state index is -0.580. The highest BCUT2D eigenvalue weighted by atomic mass is 16.3. The van der Waals surface area contributed by atoms with Crippen molar-refractivity contribution in [3.05, 3.63) is 61.8 Å². The van der Waals surface area contributed by atoms with E-state index in [1.807, 2.05) is 12.1 Å². The SMILES string of the molecule is Cn1c(O)c(C=NCC2CCN(CC(=O)NC3Cc4ccccc4C3)CC2)c(=O)n(C)c1=O. The smallest absolute Gasteiger partial charge is 0.333 e. The number of nitrogens with one attached hydrogen (secondary N) is 1. The van der Waals surface area contributed by atoms with E-state index in [2.05, 4.69) is 27.3 Å². The Hall–Kier alpha value is -3.20. The van der Waals surface area contributed by atoms with Gasteiger partial charge in [-0.2, -0.15) is 0 Å². The second-order valence-electron chi connectivity index (χ2n) is 9.10. The molecule has 1 fully saturated rings. The van der Waals surface area contributed by atoms with Gasteiger partial charge in [0.1, 0.15) is 5.56 Å². The van der Waals surface area contributed by atoms with Gasteiger partial charge in [0.25, 0.3) is 5.56 Å². The number of nitrogens with zero attached hydrogens (tertiary/aromatic N) is 4. The first-order valence-corrected chi connectivity index (χ1v) is 11.4. The molecule has 2 aliphatic rings. The molecule has 2 heterocycles. The average Bonchev–Trinajstić information content (AvgIpc) is 3.22. The third-order valence-electron chi connectivity index (χ3n) is 6.74. The van der Waals surface area contributed by atoms with Crippen LogP contribution in [0.15, 0.2) is 38.8 Å². The fraction of sp³-hybridized carbons (Fsp3) is 0.500. The maximum atomic E-state index is 12.5. The summed E-state index contributed by atoms with van der Waals surface area (Å²) in [4.78, 5) is 43.1. The summed E-state index contributed by atoms with van der Waals surface area (Å²) in [6, 6.07) is 8.53. The van der Waals surface area contributed by atoms with Crippen molar-refractivity contribution in [3.8, 4) is 5.88 Å². The number of aromatic nitrogens is 2. The molecule has 1 aliphatic carbocycles. The number of carbonyl (C=O) groups is 1. The standard InChI is InChI=1S/C24H31N5O4/c1-27-22(31)20(23(32)28(2)24(27)33)14-25-13-16-7-9-29(10-8-16)15-21(30)26-19-11-17-5-3-4-6-18(17)12-19/h3-6,14,16,19,31H,7-13,15H2,1-2H3,(H,26,30). The second-order valence-corrected chi connectivity index (χ2v) is 9.10. The first-order valence-electron chi connectivity index (χ1n) is 11.4. The third-order valence-corrected chi connectivity index (χ3v) is 6.74. The van der Waals surface area contributed by atoms with E-state index in [4.69, 9.17) is 0 Å². The van der Waals surface area contributed by atoms with Crippen LogP contribution in [0.3, 0.4) is 0 Å². The monoisotopic (exact) mass is 453 g/mol. The number of aliphatic imine (C=N–C) groups is 1. The van der Waals surface area contributed by atoms with Gasteiger partial charge in [-0.25, -0.2) is 4.79 Å². The quantitative estimate of drug-likeness (QED) is 0.608. The fourth-order valence-corrected chi connectivity index (χ4v) is 4.73. The molecule has 0 unspecified atom stereocenters. The van der Waals surface area contributed by atoms with Gasteiger partial charge in [0, 0.05) is 32.9 Å². The van der Waals surface area contributed by atoms with Crippen LogP contribution in [0.5, 0.6) is 5.88 Å². The summed E-state index contributed by atoms with van der Waals surface area (Å²) >= 11 is 0. The van der Waals surface area contributed by atoms with E-state index < -0.39 is 11.2 Å². The first-order chi connectivity index (χ1) is 15.8. The number of piperidine rings is 1. The number of aromatic hydroxyl groups is 1. The predicted molar refractivity (Wildman–Crippen MR) is 126 cm³/mol. The number of hydrogen-bond donors (Lipinski definition) is 2. The summed E-state index contributed by atoms with van der Waals surface area (Å²) in [5.74, 6) is 0.0479. The van der Waals surface area contributed by atoms with Crippen molar-refractivity contribution in [2.24, 2.45) is 25.0 Å². The number of rotatable bonds is 6. The zero-order chi connectivity index (χ0) is 23.5. The van der Waals surface area contributed by atoms with Crippen molar-refractivity contribution in [1.82, 2.24) is 19.4 Å². The van der Waals surface area contributed by atoms with E-state index in [0.29, 0.717) is 19.0 Å². The summed E-state index contributed by atoms with van der Waals surface area (Å²) in [6.07, 6.45) is 4.98. The molecule has 0 saturated carbocycles. The molecule has 0 atom stereocenters. The third kappa shape index (κ3) is 5.08. The molecule has 1 aromatic carbocycles. The number of carbonyl (C=O) groups excluding carboxylic acids is 1. The van der Waals surface area contributed by atoms with Gasteiger partial charge in [0.05, 0.1) is 6.54 Å². The Kier molecular flexibility index (Phi) is 6.78. The van der Waals surface area contributed by atoms with E-state index in [-0.39, 0.29) is 23.4 Å². The van der Waals surface area contributed by atoms with Gasteiger partial charge in [-0.05, 0) is 55.8 Å². The van der Waals surface area contributed by atoms with Crippen LogP contribution in [0.1, 0.15) is 29.5 Å². The molecule has 1 aromatic heterocycles. The first kappa shape index (κ1) is 23.0. The molecule has 2 aromatic rings. The van der Waals surface area contributed by atoms with Crippen LogP contribution in [0.2, 0.25) is 0 Å². The Morgan fingerprint density at radius 1 is 1.12 bits per heavy atom. The Bertz CT molecular complexity index is 1150. The number of fused-ring (bicyclic) bond motifs is 1. The summed E-state index contributed by atoms with van der Waals surface area (Å²) in [5, 5.41) is 13.3. The largest absolute Gasteiger partial charge is 0.494 e. The highest BCUT2D eigenvalue weighted by molar-refractivity contribution is 5.82. The normalized spacial score (nSPS) is 17.5. The number of hydrogen-bond acceptors (Lipinski definition) is 6.